The van der Waals surface area contributed by atoms with Gasteiger partial charge in [-0.2, -0.15) is 0 Å². The smallest absolute Gasteiger partial charge is 0.225 e. The lowest BCUT2D eigenvalue weighted by molar-refractivity contribution is 0.116. The highest BCUT2D eigenvalue weighted by molar-refractivity contribution is 14.0. The van der Waals surface area contributed by atoms with Gasteiger partial charge in [-0.05, 0) is 20.2 Å². The predicted molar refractivity (Wildman–Crippen MR) is 117 cm³/mol. The summed E-state index contributed by atoms with van der Waals surface area (Å²) in [5.74, 6) is 1.81. The molecule has 1 aromatic heterocycles. The second-order valence-corrected chi connectivity index (χ2v) is 6.85. The van der Waals surface area contributed by atoms with E-state index in [-0.39, 0.29) is 24.0 Å². The Morgan fingerprint density at radius 2 is 1.81 bits per heavy atom. The SMILES string of the molecule is CN=C(NCC1CN(C)CCN1C)N1CCN(c2ncccn2)CC1.I. The number of aromatic nitrogens is 2. The number of piperazine rings is 2. The molecule has 1 unspecified atom stereocenters. The number of aliphatic imine (C=N–C) groups is 1. The lowest BCUT2D eigenvalue weighted by atomic mass is 10.2. The van der Waals surface area contributed by atoms with E-state index in [1.807, 2.05) is 13.1 Å². The Kier molecular flexibility index (Phi) is 8.29. The average molecular weight is 474 g/mol. The molecule has 3 heterocycles. The summed E-state index contributed by atoms with van der Waals surface area (Å²) in [6, 6.07) is 2.38. The maximum atomic E-state index is 4.49. The van der Waals surface area contributed by atoms with Crippen molar-refractivity contribution < 1.29 is 0 Å². The van der Waals surface area contributed by atoms with Gasteiger partial charge in [-0.3, -0.25) is 9.89 Å². The maximum Gasteiger partial charge on any atom is 0.225 e. The minimum absolute atomic E-state index is 0. The van der Waals surface area contributed by atoms with Crippen LogP contribution in [-0.2, 0) is 0 Å². The van der Waals surface area contributed by atoms with Gasteiger partial charge in [0.15, 0.2) is 5.96 Å². The second-order valence-electron chi connectivity index (χ2n) is 6.85. The average Bonchev–Trinajstić information content (AvgIpc) is 2.66. The fourth-order valence-electron chi connectivity index (χ4n) is 3.44. The fourth-order valence-corrected chi connectivity index (χ4v) is 3.44. The highest BCUT2D eigenvalue weighted by atomic mass is 127. The molecule has 1 atom stereocenters. The molecule has 0 spiro atoms. The molecule has 146 valence electrons. The predicted octanol–water partition coefficient (Wildman–Crippen LogP) is 0.0378. The van der Waals surface area contributed by atoms with Crippen LogP contribution in [0.2, 0.25) is 0 Å². The molecule has 2 fully saturated rings. The van der Waals surface area contributed by atoms with E-state index in [9.17, 15) is 0 Å². The number of rotatable bonds is 3. The number of hydrogen-bond acceptors (Lipinski definition) is 6. The fraction of sp³-hybridized carbons (Fsp3) is 0.706. The number of nitrogens with one attached hydrogen (secondary N) is 1. The number of halogens is 1. The molecule has 3 rings (SSSR count). The Balaban J connectivity index is 0.00000243. The first-order chi connectivity index (χ1) is 12.2. The van der Waals surface area contributed by atoms with Crippen molar-refractivity contribution in [2.24, 2.45) is 4.99 Å². The molecule has 8 nitrogen and oxygen atoms in total. The molecule has 1 N–H and O–H groups in total. The van der Waals surface area contributed by atoms with E-state index in [2.05, 4.69) is 54.0 Å². The van der Waals surface area contributed by atoms with Gasteiger partial charge in [0.05, 0.1) is 0 Å². The van der Waals surface area contributed by atoms with E-state index < -0.39 is 0 Å². The number of hydrogen-bond donors (Lipinski definition) is 1. The Labute approximate surface area is 173 Å². The molecule has 0 radical (unpaired) electrons. The monoisotopic (exact) mass is 474 g/mol. The molecule has 2 aliphatic rings. The summed E-state index contributed by atoms with van der Waals surface area (Å²) in [6.45, 7) is 7.97. The summed E-state index contributed by atoms with van der Waals surface area (Å²) >= 11 is 0. The third kappa shape index (κ3) is 5.40. The van der Waals surface area contributed by atoms with Crippen molar-refractivity contribution in [3.63, 3.8) is 0 Å². The number of guanidine groups is 1. The third-order valence-electron chi connectivity index (χ3n) is 5.10. The van der Waals surface area contributed by atoms with Gasteiger partial charge in [-0.25, -0.2) is 9.97 Å². The molecule has 9 heteroatoms. The van der Waals surface area contributed by atoms with Crippen LogP contribution in [0.15, 0.2) is 23.5 Å². The Bertz CT molecular complexity index is 561. The van der Waals surface area contributed by atoms with E-state index >= 15 is 0 Å². The molecule has 0 aliphatic carbocycles. The summed E-state index contributed by atoms with van der Waals surface area (Å²) in [7, 11) is 6.27. The Morgan fingerprint density at radius 1 is 1.12 bits per heavy atom. The molecule has 2 aliphatic heterocycles. The maximum absolute atomic E-state index is 4.49. The lowest BCUT2D eigenvalue weighted by Crippen LogP contribution is -2.57. The van der Waals surface area contributed by atoms with Crippen LogP contribution in [0.4, 0.5) is 5.95 Å². The molecule has 0 aromatic carbocycles. The minimum atomic E-state index is 0. The first-order valence-corrected chi connectivity index (χ1v) is 9.03. The quantitative estimate of drug-likeness (QED) is 0.377. The standard InChI is InChI=1S/C17H30N8.HI/c1-18-16(21-13-15-14-22(2)7-8-23(15)3)24-9-11-25(12-10-24)17-19-5-4-6-20-17;/h4-6,15H,7-14H2,1-3H3,(H,18,21);1H. The number of likely N-dealkylation sites (N-methyl/N-ethyl adjacent to an activating group) is 2. The lowest BCUT2D eigenvalue weighted by Gasteiger charge is -2.40. The third-order valence-corrected chi connectivity index (χ3v) is 5.10. The van der Waals surface area contributed by atoms with Crippen LogP contribution in [0, 0.1) is 0 Å². The Hall–Kier alpha value is -1.20. The molecule has 26 heavy (non-hydrogen) atoms. The van der Waals surface area contributed by atoms with E-state index in [4.69, 9.17) is 0 Å². The second kappa shape index (κ2) is 10.2. The minimum Gasteiger partial charge on any atom is -0.355 e. The molecule has 0 saturated carbocycles. The largest absolute Gasteiger partial charge is 0.355 e. The zero-order chi connectivity index (χ0) is 17.6. The molecule has 2 saturated heterocycles. The van der Waals surface area contributed by atoms with Crippen LogP contribution in [0.25, 0.3) is 0 Å². The summed E-state index contributed by atoms with van der Waals surface area (Å²) in [5, 5.41) is 3.57. The van der Waals surface area contributed by atoms with Gasteiger partial charge in [-0.1, -0.05) is 0 Å². The highest BCUT2D eigenvalue weighted by Crippen LogP contribution is 2.10. The number of anilines is 1. The summed E-state index contributed by atoms with van der Waals surface area (Å²) in [4.78, 5) is 22.6. The van der Waals surface area contributed by atoms with Crippen molar-refractivity contribution in [1.82, 2.24) is 30.0 Å². The number of nitrogens with zero attached hydrogens (tertiary/aromatic N) is 7. The summed E-state index contributed by atoms with van der Waals surface area (Å²) in [6.07, 6.45) is 3.60. The van der Waals surface area contributed by atoms with Crippen molar-refractivity contribution in [3.05, 3.63) is 18.5 Å². The molecule has 0 bridgehead atoms. The first-order valence-electron chi connectivity index (χ1n) is 9.03. The van der Waals surface area contributed by atoms with Gasteiger partial charge in [-0.15, -0.1) is 24.0 Å². The van der Waals surface area contributed by atoms with Crippen molar-refractivity contribution in [1.29, 1.82) is 0 Å². The van der Waals surface area contributed by atoms with Gasteiger partial charge in [0, 0.05) is 77.8 Å². The summed E-state index contributed by atoms with van der Waals surface area (Å²) in [5.41, 5.74) is 0. The van der Waals surface area contributed by atoms with Crippen molar-refractivity contribution in [3.8, 4) is 0 Å². The van der Waals surface area contributed by atoms with Crippen LogP contribution in [0.5, 0.6) is 0 Å². The zero-order valence-electron chi connectivity index (χ0n) is 16.0. The molecular weight excluding hydrogens is 443 g/mol. The van der Waals surface area contributed by atoms with Gasteiger partial charge >= 0.3 is 0 Å². The first kappa shape index (κ1) is 21.1. The van der Waals surface area contributed by atoms with Crippen LogP contribution in [0.1, 0.15) is 0 Å². The zero-order valence-corrected chi connectivity index (χ0v) is 18.3. The highest BCUT2D eigenvalue weighted by Gasteiger charge is 2.24. The Morgan fingerprint density at radius 3 is 2.46 bits per heavy atom. The van der Waals surface area contributed by atoms with Gasteiger partial charge < -0.3 is 20.0 Å². The molecule has 0 amide bonds. The van der Waals surface area contributed by atoms with E-state index in [1.54, 1.807) is 12.4 Å². The molecular formula is C17H31IN8. The normalized spacial score (nSPS) is 22.9. The van der Waals surface area contributed by atoms with Crippen LogP contribution < -0.4 is 10.2 Å². The van der Waals surface area contributed by atoms with E-state index in [1.165, 1.54) is 0 Å². The van der Waals surface area contributed by atoms with Crippen molar-refractivity contribution >= 4 is 35.9 Å². The van der Waals surface area contributed by atoms with Gasteiger partial charge in [0.1, 0.15) is 0 Å². The van der Waals surface area contributed by atoms with Gasteiger partial charge in [0.25, 0.3) is 0 Å². The van der Waals surface area contributed by atoms with Crippen molar-refractivity contribution in [2.45, 2.75) is 6.04 Å². The van der Waals surface area contributed by atoms with E-state index in [0.717, 1.165) is 64.3 Å². The summed E-state index contributed by atoms with van der Waals surface area (Å²) < 4.78 is 0. The van der Waals surface area contributed by atoms with Crippen LogP contribution in [-0.4, -0.2) is 110 Å². The van der Waals surface area contributed by atoms with Gasteiger partial charge in [0.2, 0.25) is 5.95 Å². The van der Waals surface area contributed by atoms with Crippen LogP contribution in [0.3, 0.4) is 0 Å². The van der Waals surface area contributed by atoms with Crippen LogP contribution >= 0.6 is 24.0 Å². The molecule has 1 aromatic rings. The topological polar surface area (TPSA) is 63.1 Å². The van der Waals surface area contributed by atoms with E-state index in [0.29, 0.717) is 6.04 Å². The van der Waals surface area contributed by atoms with Crippen molar-refractivity contribution in [2.75, 3.05) is 78.4 Å².